The van der Waals surface area contributed by atoms with Gasteiger partial charge in [-0.15, -0.1) is 0 Å². The normalized spacial score (nSPS) is 15.4. The molecule has 0 bridgehead atoms. The van der Waals surface area contributed by atoms with Crippen LogP contribution in [0.3, 0.4) is 0 Å². The summed E-state index contributed by atoms with van der Waals surface area (Å²) in [4.78, 5) is 17.1. The van der Waals surface area contributed by atoms with Gasteiger partial charge in [0.2, 0.25) is 5.88 Å². The molecular weight excluding hydrogens is 254 g/mol. The van der Waals surface area contributed by atoms with E-state index in [1.165, 1.54) is 32.0 Å². The lowest BCUT2D eigenvalue weighted by Gasteiger charge is -2.10. The number of ether oxygens (including phenoxy) is 1. The molecular formula is C14H17N5O. The van der Waals surface area contributed by atoms with E-state index in [9.17, 15) is 0 Å². The second-order valence-corrected chi connectivity index (χ2v) is 4.97. The lowest BCUT2D eigenvalue weighted by Crippen LogP contribution is -2.04. The second kappa shape index (κ2) is 5.40. The molecule has 6 heteroatoms. The van der Waals surface area contributed by atoms with E-state index in [2.05, 4.69) is 19.9 Å². The van der Waals surface area contributed by atoms with E-state index < -0.39 is 0 Å². The fourth-order valence-electron chi connectivity index (χ4n) is 2.60. The van der Waals surface area contributed by atoms with Gasteiger partial charge in [0.1, 0.15) is 17.8 Å². The third-order valence-corrected chi connectivity index (χ3v) is 3.62. The van der Waals surface area contributed by atoms with Crippen molar-refractivity contribution in [2.45, 2.75) is 31.6 Å². The van der Waals surface area contributed by atoms with Crippen molar-refractivity contribution in [3.63, 3.8) is 0 Å². The first kappa shape index (κ1) is 12.8. The van der Waals surface area contributed by atoms with Crippen LogP contribution >= 0.6 is 0 Å². The molecule has 1 aliphatic rings. The van der Waals surface area contributed by atoms with E-state index in [1.807, 2.05) is 6.07 Å². The van der Waals surface area contributed by atoms with Crippen LogP contribution in [0.1, 0.15) is 37.3 Å². The number of methoxy groups -OCH3 is 1. The third kappa shape index (κ3) is 2.54. The molecule has 0 spiro atoms. The van der Waals surface area contributed by atoms with Crippen molar-refractivity contribution in [1.82, 2.24) is 19.9 Å². The number of nitrogens with zero attached hydrogens (tertiary/aromatic N) is 4. The monoisotopic (exact) mass is 271 g/mol. The zero-order valence-corrected chi connectivity index (χ0v) is 11.4. The Hall–Kier alpha value is -2.24. The summed E-state index contributed by atoms with van der Waals surface area (Å²) >= 11 is 0. The topological polar surface area (TPSA) is 86.8 Å². The van der Waals surface area contributed by atoms with Gasteiger partial charge in [0, 0.05) is 23.7 Å². The Morgan fingerprint density at radius 2 is 1.95 bits per heavy atom. The lowest BCUT2D eigenvalue weighted by molar-refractivity contribution is 0.397. The smallest absolute Gasteiger partial charge is 0.216 e. The highest BCUT2D eigenvalue weighted by Crippen LogP contribution is 2.34. The number of hydrogen-bond donors (Lipinski definition) is 1. The minimum atomic E-state index is 0.481. The van der Waals surface area contributed by atoms with Crippen molar-refractivity contribution in [3.05, 3.63) is 24.2 Å². The fraction of sp³-hybridized carbons (Fsp3) is 0.429. The molecule has 0 amide bonds. The van der Waals surface area contributed by atoms with Crippen LogP contribution in [0.25, 0.3) is 11.5 Å². The molecule has 0 atom stereocenters. The molecule has 20 heavy (non-hydrogen) atoms. The largest absolute Gasteiger partial charge is 0.481 e. The molecule has 0 unspecified atom stereocenters. The zero-order valence-electron chi connectivity index (χ0n) is 11.4. The Morgan fingerprint density at radius 3 is 2.70 bits per heavy atom. The number of anilines is 1. The zero-order chi connectivity index (χ0) is 13.9. The molecule has 0 aromatic carbocycles. The predicted octanol–water partition coefficient (Wildman–Crippen LogP) is 2.18. The van der Waals surface area contributed by atoms with Crippen LogP contribution in [-0.2, 0) is 0 Å². The molecule has 1 saturated carbocycles. The van der Waals surface area contributed by atoms with Gasteiger partial charge >= 0.3 is 0 Å². The Morgan fingerprint density at radius 1 is 1.15 bits per heavy atom. The standard InChI is InChI=1S/C14H17N5O/c1-20-13-7-11(16-8-17-13)14-18-10(6-12(15)19-14)9-4-2-3-5-9/h6-9H,2-5H2,1H3,(H2,15,18,19). The average molecular weight is 271 g/mol. The number of nitrogen functional groups attached to an aromatic ring is 1. The fourth-order valence-corrected chi connectivity index (χ4v) is 2.60. The van der Waals surface area contributed by atoms with E-state index >= 15 is 0 Å². The van der Waals surface area contributed by atoms with Crippen molar-refractivity contribution < 1.29 is 4.74 Å². The Kier molecular flexibility index (Phi) is 3.45. The molecule has 1 aliphatic carbocycles. The van der Waals surface area contributed by atoms with Crippen molar-refractivity contribution in [2.24, 2.45) is 0 Å². The molecule has 104 valence electrons. The summed E-state index contributed by atoms with van der Waals surface area (Å²) in [5.74, 6) is 1.99. The minimum Gasteiger partial charge on any atom is -0.481 e. The number of nitrogens with two attached hydrogens (primary N) is 1. The summed E-state index contributed by atoms with van der Waals surface area (Å²) in [6.45, 7) is 0. The van der Waals surface area contributed by atoms with Crippen LogP contribution in [-0.4, -0.2) is 27.0 Å². The van der Waals surface area contributed by atoms with Crippen LogP contribution in [0.4, 0.5) is 5.82 Å². The Balaban J connectivity index is 1.99. The van der Waals surface area contributed by atoms with Crippen LogP contribution in [0.5, 0.6) is 5.88 Å². The van der Waals surface area contributed by atoms with Gasteiger partial charge in [-0.05, 0) is 12.8 Å². The van der Waals surface area contributed by atoms with Crippen molar-refractivity contribution >= 4 is 5.82 Å². The quantitative estimate of drug-likeness (QED) is 0.920. The van der Waals surface area contributed by atoms with Gasteiger partial charge in [0.15, 0.2) is 5.82 Å². The van der Waals surface area contributed by atoms with E-state index in [-0.39, 0.29) is 0 Å². The average Bonchev–Trinajstić information content (AvgIpc) is 3.01. The van der Waals surface area contributed by atoms with Crippen LogP contribution < -0.4 is 10.5 Å². The van der Waals surface area contributed by atoms with Gasteiger partial charge in [-0.3, -0.25) is 0 Å². The SMILES string of the molecule is COc1cc(-c2nc(N)cc(C3CCCC3)n2)ncn1. The maximum Gasteiger partial charge on any atom is 0.216 e. The maximum absolute atomic E-state index is 5.91. The number of hydrogen-bond acceptors (Lipinski definition) is 6. The van der Waals surface area contributed by atoms with E-state index in [4.69, 9.17) is 10.5 Å². The first-order chi connectivity index (χ1) is 9.76. The molecule has 2 aromatic heterocycles. The molecule has 0 aliphatic heterocycles. The summed E-state index contributed by atoms with van der Waals surface area (Å²) < 4.78 is 5.10. The van der Waals surface area contributed by atoms with Gasteiger partial charge in [-0.1, -0.05) is 12.8 Å². The van der Waals surface area contributed by atoms with Gasteiger partial charge < -0.3 is 10.5 Å². The summed E-state index contributed by atoms with van der Waals surface area (Å²) in [5, 5.41) is 0. The van der Waals surface area contributed by atoms with Crippen molar-refractivity contribution in [3.8, 4) is 17.4 Å². The summed E-state index contributed by atoms with van der Waals surface area (Å²) in [6, 6.07) is 3.59. The lowest BCUT2D eigenvalue weighted by atomic mass is 10.0. The van der Waals surface area contributed by atoms with Crippen molar-refractivity contribution in [1.29, 1.82) is 0 Å². The van der Waals surface area contributed by atoms with Crippen molar-refractivity contribution in [2.75, 3.05) is 12.8 Å². The van der Waals surface area contributed by atoms with Gasteiger partial charge in [-0.25, -0.2) is 19.9 Å². The Labute approximate surface area is 117 Å². The molecule has 2 aromatic rings. The summed E-state index contributed by atoms with van der Waals surface area (Å²) in [7, 11) is 1.57. The third-order valence-electron chi connectivity index (χ3n) is 3.62. The molecule has 6 nitrogen and oxygen atoms in total. The summed E-state index contributed by atoms with van der Waals surface area (Å²) in [5.41, 5.74) is 7.55. The highest BCUT2D eigenvalue weighted by atomic mass is 16.5. The predicted molar refractivity (Wildman–Crippen MR) is 75.2 cm³/mol. The van der Waals surface area contributed by atoms with Crippen LogP contribution in [0.2, 0.25) is 0 Å². The van der Waals surface area contributed by atoms with Gasteiger partial charge in [0.25, 0.3) is 0 Å². The van der Waals surface area contributed by atoms with Gasteiger partial charge in [0.05, 0.1) is 7.11 Å². The van der Waals surface area contributed by atoms with Gasteiger partial charge in [-0.2, -0.15) is 0 Å². The number of rotatable bonds is 3. The molecule has 0 saturated heterocycles. The maximum atomic E-state index is 5.91. The van der Waals surface area contributed by atoms with Crippen LogP contribution in [0.15, 0.2) is 18.5 Å². The molecule has 1 fully saturated rings. The number of aromatic nitrogens is 4. The van der Waals surface area contributed by atoms with E-state index in [0.29, 0.717) is 29.1 Å². The highest BCUT2D eigenvalue weighted by molar-refractivity contribution is 5.53. The van der Waals surface area contributed by atoms with E-state index in [0.717, 1.165) is 5.69 Å². The first-order valence-corrected chi connectivity index (χ1v) is 6.77. The molecule has 0 radical (unpaired) electrons. The highest BCUT2D eigenvalue weighted by Gasteiger charge is 2.20. The molecule has 3 rings (SSSR count). The first-order valence-electron chi connectivity index (χ1n) is 6.77. The molecule has 2 N–H and O–H groups in total. The summed E-state index contributed by atoms with van der Waals surface area (Å²) in [6.07, 6.45) is 6.29. The van der Waals surface area contributed by atoms with Crippen LogP contribution in [0, 0.1) is 0 Å². The molecule has 2 heterocycles. The Bertz CT molecular complexity index is 610. The second-order valence-electron chi connectivity index (χ2n) is 4.97. The van der Waals surface area contributed by atoms with E-state index in [1.54, 1.807) is 13.2 Å². The minimum absolute atomic E-state index is 0.481.